The standard InChI is InChI=1S/C9H7N3O3/c13-7(14)4-15-9-6-2-1-3-10-8(6)11-5-12-9/h1-3,5H,4H2,(H,13,14). The molecule has 6 heteroatoms. The van der Waals surface area contributed by atoms with Gasteiger partial charge in [0.2, 0.25) is 5.88 Å². The van der Waals surface area contributed by atoms with E-state index in [4.69, 9.17) is 9.84 Å². The highest BCUT2D eigenvalue weighted by molar-refractivity contribution is 5.79. The van der Waals surface area contributed by atoms with E-state index in [0.29, 0.717) is 11.0 Å². The van der Waals surface area contributed by atoms with Gasteiger partial charge < -0.3 is 9.84 Å². The number of carboxylic acids is 1. The van der Waals surface area contributed by atoms with E-state index >= 15 is 0 Å². The van der Waals surface area contributed by atoms with Crippen molar-refractivity contribution >= 4 is 17.0 Å². The highest BCUT2D eigenvalue weighted by Gasteiger charge is 2.06. The molecule has 0 amide bonds. The zero-order valence-corrected chi connectivity index (χ0v) is 7.62. The molecule has 76 valence electrons. The van der Waals surface area contributed by atoms with Crippen molar-refractivity contribution in [2.75, 3.05) is 6.61 Å². The van der Waals surface area contributed by atoms with E-state index in [1.54, 1.807) is 18.3 Å². The van der Waals surface area contributed by atoms with Crippen LogP contribution >= 0.6 is 0 Å². The minimum absolute atomic E-state index is 0.232. The lowest BCUT2D eigenvalue weighted by Crippen LogP contribution is -2.10. The fraction of sp³-hybridized carbons (Fsp3) is 0.111. The molecule has 0 spiro atoms. The Morgan fingerprint density at radius 2 is 2.27 bits per heavy atom. The molecule has 0 unspecified atom stereocenters. The van der Waals surface area contributed by atoms with Crippen LogP contribution in [0.5, 0.6) is 5.88 Å². The molecule has 1 N–H and O–H groups in total. The molecular formula is C9H7N3O3. The molecule has 0 fully saturated rings. The maximum atomic E-state index is 10.3. The molecular weight excluding hydrogens is 198 g/mol. The van der Waals surface area contributed by atoms with Gasteiger partial charge >= 0.3 is 5.97 Å². The molecule has 0 aliphatic carbocycles. The van der Waals surface area contributed by atoms with Crippen LogP contribution in [0.3, 0.4) is 0 Å². The summed E-state index contributed by atoms with van der Waals surface area (Å²) in [5, 5.41) is 9.06. The third-order valence-electron chi connectivity index (χ3n) is 1.70. The van der Waals surface area contributed by atoms with Gasteiger partial charge in [-0.1, -0.05) is 0 Å². The van der Waals surface area contributed by atoms with E-state index in [2.05, 4.69) is 15.0 Å². The van der Waals surface area contributed by atoms with Crippen LogP contribution in [0.4, 0.5) is 0 Å². The van der Waals surface area contributed by atoms with Crippen molar-refractivity contribution in [1.29, 1.82) is 0 Å². The molecule has 6 nitrogen and oxygen atoms in total. The summed E-state index contributed by atoms with van der Waals surface area (Å²) in [7, 11) is 0. The number of carbonyl (C=O) groups is 1. The first-order chi connectivity index (χ1) is 7.27. The predicted molar refractivity (Wildman–Crippen MR) is 50.5 cm³/mol. The summed E-state index contributed by atoms with van der Waals surface area (Å²) in [5.74, 6) is -0.818. The second-order valence-electron chi connectivity index (χ2n) is 2.74. The van der Waals surface area contributed by atoms with Crippen molar-refractivity contribution in [3.8, 4) is 5.88 Å². The van der Waals surface area contributed by atoms with Gasteiger partial charge in [0.1, 0.15) is 6.33 Å². The summed E-state index contributed by atoms with van der Waals surface area (Å²) in [5.41, 5.74) is 0.480. The maximum absolute atomic E-state index is 10.3. The summed E-state index contributed by atoms with van der Waals surface area (Å²) >= 11 is 0. The monoisotopic (exact) mass is 205 g/mol. The van der Waals surface area contributed by atoms with Crippen LogP contribution in [-0.4, -0.2) is 32.6 Å². The molecule has 2 heterocycles. The Bertz CT molecular complexity index is 495. The molecule has 0 bridgehead atoms. The first-order valence-corrected chi connectivity index (χ1v) is 4.17. The average molecular weight is 205 g/mol. The molecule has 0 aromatic carbocycles. The molecule has 0 saturated carbocycles. The van der Waals surface area contributed by atoms with Crippen molar-refractivity contribution in [3.63, 3.8) is 0 Å². The van der Waals surface area contributed by atoms with Crippen molar-refractivity contribution in [2.24, 2.45) is 0 Å². The van der Waals surface area contributed by atoms with Gasteiger partial charge in [-0.3, -0.25) is 0 Å². The normalized spacial score (nSPS) is 10.1. The Balaban J connectivity index is 2.38. The van der Waals surface area contributed by atoms with Crippen molar-refractivity contribution in [2.45, 2.75) is 0 Å². The number of carboxylic acid groups (broad SMARTS) is 1. The van der Waals surface area contributed by atoms with Gasteiger partial charge in [-0.2, -0.15) is 0 Å². The lowest BCUT2D eigenvalue weighted by molar-refractivity contribution is -0.139. The van der Waals surface area contributed by atoms with E-state index < -0.39 is 12.6 Å². The summed E-state index contributed by atoms with van der Waals surface area (Å²) < 4.78 is 4.99. The fourth-order valence-corrected chi connectivity index (χ4v) is 1.12. The number of hydrogen-bond donors (Lipinski definition) is 1. The van der Waals surface area contributed by atoms with Gasteiger partial charge in [-0.15, -0.1) is 0 Å². The fourth-order valence-electron chi connectivity index (χ4n) is 1.12. The highest BCUT2D eigenvalue weighted by atomic mass is 16.5. The Labute approximate surface area is 84.6 Å². The van der Waals surface area contributed by atoms with E-state index in [-0.39, 0.29) is 5.88 Å². The van der Waals surface area contributed by atoms with Crippen molar-refractivity contribution in [3.05, 3.63) is 24.7 Å². The van der Waals surface area contributed by atoms with E-state index in [9.17, 15) is 4.79 Å². The van der Waals surface area contributed by atoms with Crippen molar-refractivity contribution in [1.82, 2.24) is 15.0 Å². The van der Waals surface area contributed by atoms with E-state index in [1.165, 1.54) is 6.33 Å². The molecule has 0 atom stereocenters. The smallest absolute Gasteiger partial charge is 0.341 e. The zero-order valence-electron chi connectivity index (χ0n) is 7.62. The van der Waals surface area contributed by atoms with E-state index in [0.717, 1.165) is 0 Å². The lowest BCUT2D eigenvalue weighted by Gasteiger charge is -2.03. The van der Waals surface area contributed by atoms with Crippen LogP contribution in [0.15, 0.2) is 24.7 Å². The van der Waals surface area contributed by atoms with Crippen LogP contribution in [-0.2, 0) is 4.79 Å². The summed E-state index contributed by atoms with van der Waals surface area (Å²) in [6.07, 6.45) is 2.88. The van der Waals surface area contributed by atoms with Gasteiger partial charge in [-0.05, 0) is 12.1 Å². The largest absolute Gasteiger partial charge is 0.479 e. The van der Waals surface area contributed by atoms with Crippen LogP contribution in [0.2, 0.25) is 0 Å². The number of rotatable bonds is 3. The summed E-state index contributed by atoms with van der Waals surface area (Å²) in [6.45, 7) is -0.430. The minimum Gasteiger partial charge on any atom is -0.479 e. The number of aromatic nitrogens is 3. The van der Waals surface area contributed by atoms with Crippen LogP contribution in [0, 0.1) is 0 Å². The second-order valence-corrected chi connectivity index (χ2v) is 2.74. The van der Waals surface area contributed by atoms with Gasteiger partial charge in [0, 0.05) is 6.20 Å². The molecule has 2 rings (SSSR count). The lowest BCUT2D eigenvalue weighted by atomic mass is 10.3. The van der Waals surface area contributed by atoms with Crippen molar-refractivity contribution < 1.29 is 14.6 Å². The molecule has 0 aliphatic heterocycles. The summed E-state index contributed by atoms with van der Waals surface area (Å²) in [6, 6.07) is 3.43. The Morgan fingerprint density at radius 1 is 1.40 bits per heavy atom. The summed E-state index contributed by atoms with van der Waals surface area (Å²) in [4.78, 5) is 22.1. The number of fused-ring (bicyclic) bond motifs is 1. The van der Waals surface area contributed by atoms with Gasteiger partial charge in [0.25, 0.3) is 0 Å². The molecule has 15 heavy (non-hydrogen) atoms. The van der Waals surface area contributed by atoms with E-state index in [1.807, 2.05) is 0 Å². The third kappa shape index (κ3) is 1.98. The quantitative estimate of drug-likeness (QED) is 0.784. The first-order valence-electron chi connectivity index (χ1n) is 4.17. The van der Waals surface area contributed by atoms with Crippen LogP contribution in [0.1, 0.15) is 0 Å². The number of hydrogen-bond acceptors (Lipinski definition) is 5. The maximum Gasteiger partial charge on any atom is 0.341 e. The molecule has 0 aliphatic rings. The van der Waals surface area contributed by atoms with Gasteiger partial charge in [0.05, 0.1) is 5.39 Å². The number of aliphatic carboxylic acids is 1. The van der Waals surface area contributed by atoms with Crippen LogP contribution in [0.25, 0.3) is 11.0 Å². The zero-order chi connectivity index (χ0) is 10.7. The molecule has 2 aromatic heterocycles. The predicted octanol–water partition coefficient (Wildman–Crippen LogP) is 0.488. The molecule has 0 saturated heterocycles. The van der Waals surface area contributed by atoms with Gasteiger partial charge in [0.15, 0.2) is 12.3 Å². The second kappa shape index (κ2) is 3.87. The topological polar surface area (TPSA) is 85.2 Å². The van der Waals surface area contributed by atoms with Crippen LogP contribution < -0.4 is 4.74 Å². The number of ether oxygens (including phenoxy) is 1. The first kappa shape index (κ1) is 9.32. The minimum atomic E-state index is -1.05. The Kier molecular flexibility index (Phi) is 2.40. The Morgan fingerprint density at radius 3 is 3.07 bits per heavy atom. The highest BCUT2D eigenvalue weighted by Crippen LogP contribution is 2.18. The molecule has 0 radical (unpaired) electrons. The SMILES string of the molecule is O=C(O)COc1ncnc2ncccc12. The third-order valence-corrected chi connectivity index (χ3v) is 1.70. The Hall–Kier alpha value is -2.24. The number of pyridine rings is 1. The average Bonchev–Trinajstić information content (AvgIpc) is 2.26. The van der Waals surface area contributed by atoms with Gasteiger partial charge in [-0.25, -0.2) is 19.7 Å². The number of nitrogens with zero attached hydrogens (tertiary/aromatic N) is 3. The molecule has 2 aromatic rings.